The summed E-state index contributed by atoms with van der Waals surface area (Å²) in [4.78, 5) is 15.3. The summed E-state index contributed by atoms with van der Waals surface area (Å²) >= 11 is 0. The molecule has 1 aliphatic heterocycles. The van der Waals surface area contributed by atoms with Crippen molar-refractivity contribution >= 4 is 5.91 Å². The van der Waals surface area contributed by atoms with Gasteiger partial charge in [0.2, 0.25) is 5.75 Å². The van der Waals surface area contributed by atoms with Gasteiger partial charge >= 0.3 is 0 Å². The van der Waals surface area contributed by atoms with Crippen LogP contribution in [0.5, 0.6) is 17.2 Å². The van der Waals surface area contributed by atoms with E-state index >= 15 is 0 Å². The van der Waals surface area contributed by atoms with Gasteiger partial charge < -0.3 is 24.4 Å². The lowest BCUT2D eigenvalue weighted by Gasteiger charge is -2.44. The zero-order valence-corrected chi connectivity index (χ0v) is 16.2. The third-order valence-electron chi connectivity index (χ3n) is 5.85. The lowest BCUT2D eigenvalue weighted by atomic mass is 9.72. The molecule has 1 aromatic rings. The summed E-state index contributed by atoms with van der Waals surface area (Å²) in [6, 6.07) is 3.67. The summed E-state index contributed by atoms with van der Waals surface area (Å²) in [5.74, 6) is 2.68. The van der Waals surface area contributed by atoms with E-state index in [2.05, 4.69) is 17.3 Å². The zero-order chi connectivity index (χ0) is 18.7. The number of hydrogen-bond acceptors (Lipinski definition) is 5. The Balaban J connectivity index is 1.77. The highest BCUT2D eigenvalue weighted by Crippen LogP contribution is 2.39. The Kier molecular flexibility index (Phi) is 5.91. The maximum absolute atomic E-state index is 12.9. The molecule has 1 heterocycles. The Bertz CT molecular complexity index is 624. The number of methoxy groups -OCH3 is 3. The van der Waals surface area contributed by atoms with Gasteiger partial charge in [-0.3, -0.25) is 4.79 Å². The molecule has 26 heavy (non-hydrogen) atoms. The summed E-state index contributed by atoms with van der Waals surface area (Å²) in [6.45, 7) is 2.25. The second kappa shape index (κ2) is 8.16. The van der Waals surface area contributed by atoms with Gasteiger partial charge in [-0.05, 0) is 56.8 Å². The van der Waals surface area contributed by atoms with Crippen LogP contribution in [0.15, 0.2) is 12.1 Å². The van der Waals surface area contributed by atoms with Crippen LogP contribution in [-0.2, 0) is 0 Å². The molecular formula is C20H30N2O4. The number of fused-ring (bicyclic) bond motifs is 1. The van der Waals surface area contributed by atoms with Crippen molar-refractivity contribution in [2.75, 3.05) is 41.5 Å². The number of benzene rings is 1. The highest BCUT2D eigenvalue weighted by molar-refractivity contribution is 5.95. The van der Waals surface area contributed by atoms with E-state index in [9.17, 15) is 4.79 Å². The molecule has 144 valence electrons. The number of nitrogens with one attached hydrogen (secondary N) is 1. The number of rotatable bonds is 5. The Morgan fingerprint density at radius 2 is 1.77 bits per heavy atom. The number of likely N-dealkylation sites (tertiary alicyclic amines) is 1. The van der Waals surface area contributed by atoms with Crippen LogP contribution in [0.1, 0.15) is 36.0 Å². The van der Waals surface area contributed by atoms with Gasteiger partial charge in [-0.2, -0.15) is 0 Å². The number of amides is 1. The summed E-state index contributed by atoms with van der Waals surface area (Å²) in [5.41, 5.74) is 0.537. The van der Waals surface area contributed by atoms with E-state index in [4.69, 9.17) is 14.2 Å². The quantitative estimate of drug-likeness (QED) is 0.872. The van der Waals surface area contributed by atoms with Gasteiger partial charge in [-0.25, -0.2) is 0 Å². The van der Waals surface area contributed by atoms with E-state index in [1.165, 1.54) is 12.8 Å². The topological polar surface area (TPSA) is 60.0 Å². The van der Waals surface area contributed by atoms with Crippen molar-refractivity contribution in [3.05, 3.63) is 17.7 Å². The molecule has 2 fully saturated rings. The largest absolute Gasteiger partial charge is 0.493 e. The zero-order valence-electron chi connectivity index (χ0n) is 16.2. The summed E-state index contributed by atoms with van der Waals surface area (Å²) in [5, 5.41) is 3.28. The molecule has 3 atom stereocenters. The van der Waals surface area contributed by atoms with Crippen molar-refractivity contribution in [3.8, 4) is 17.2 Å². The number of carbonyl (C=O) groups excluding carboxylic acids is 1. The standard InChI is InChI=1S/C20H30N2O4/c1-22-9-8-15-13(12-22)6-5-7-16(15)21-20(23)14-10-17(24-2)19(26-4)18(11-14)25-3/h10-11,13,15-16H,5-9,12H2,1-4H3,(H,21,23)/t13-,15+,16?/m0/s1. The Morgan fingerprint density at radius 1 is 1.08 bits per heavy atom. The van der Waals surface area contributed by atoms with Crippen LogP contribution in [0.25, 0.3) is 0 Å². The third-order valence-corrected chi connectivity index (χ3v) is 5.85. The monoisotopic (exact) mass is 362 g/mol. The highest BCUT2D eigenvalue weighted by Gasteiger charge is 2.37. The van der Waals surface area contributed by atoms with E-state index in [-0.39, 0.29) is 11.9 Å². The predicted molar refractivity (Wildman–Crippen MR) is 100 cm³/mol. The Morgan fingerprint density at radius 3 is 2.38 bits per heavy atom. The third kappa shape index (κ3) is 3.75. The fourth-order valence-electron chi connectivity index (χ4n) is 4.52. The molecule has 6 heteroatoms. The minimum absolute atomic E-state index is 0.0752. The second-order valence-corrected chi connectivity index (χ2v) is 7.40. The van der Waals surface area contributed by atoms with Crippen molar-refractivity contribution in [2.45, 2.75) is 31.7 Å². The Labute approximate surface area is 155 Å². The minimum Gasteiger partial charge on any atom is -0.493 e. The molecule has 0 radical (unpaired) electrons. The number of hydrogen-bond donors (Lipinski definition) is 1. The average molecular weight is 362 g/mol. The maximum Gasteiger partial charge on any atom is 0.251 e. The van der Waals surface area contributed by atoms with Gasteiger partial charge in [0, 0.05) is 18.2 Å². The first-order chi connectivity index (χ1) is 12.6. The van der Waals surface area contributed by atoms with Gasteiger partial charge in [0.15, 0.2) is 11.5 Å². The SMILES string of the molecule is COc1cc(C(=O)NC2CCC[C@H]3CN(C)CC[C@@H]23)cc(OC)c1OC. The van der Waals surface area contributed by atoms with Gasteiger partial charge in [-0.15, -0.1) is 0 Å². The summed E-state index contributed by atoms with van der Waals surface area (Å²) in [7, 11) is 6.86. The van der Waals surface area contributed by atoms with Crippen LogP contribution in [0, 0.1) is 11.8 Å². The smallest absolute Gasteiger partial charge is 0.251 e. The minimum atomic E-state index is -0.0752. The molecule has 6 nitrogen and oxygen atoms in total. The fraction of sp³-hybridized carbons (Fsp3) is 0.650. The molecular weight excluding hydrogens is 332 g/mol. The molecule has 0 bridgehead atoms. The average Bonchev–Trinajstić information content (AvgIpc) is 2.66. The van der Waals surface area contributed by atoms with E-state index in [0.29, 0.717) is 34.6 Å². The van der Waals surface area contributed by atoms with Gasteiger partial charge in [0.1, 0.15) is 0 Å². The predicted octanol–water partition coefficient (Wildman–Crippen LogP) is 2.56. The van der Waals surface area contributed by atoms with Gasteiger partial charge in [0.25, 0.3) is 5.91 Å². The molecule has 1 unspecified atom stereocenters. The van der Waals surface area contributed by atoms with Crippen LogP contribution in [0.4, 0.5) is 0 Å². The molecule has 1 N–H and O–H groups in total. The maximum atomic E-state index is 12.9. The summed E-state index contributed by atoms with van der Waals surface area (Å²) < 4.78 is 16.1. The number of piperidine rings is 1. The van der Waals surface area contributed by atoms with Crippen LogP contribution in [0.3, 0.4) is 0 Å². The molecule has 2 aliphatic rings. The second-order valence-electron chi connectivity index (χ2n) is 7.40. The van der Waals surface area contributed by atoms with Gasteiger partial charge in [0.05, 0.1) is 21.3 Å². The first-order valence-electron chi connectivity index (χ1n) is 9.36. The van der Waals surface area contributed by atoms with Crippen molar-refractivity contribution < 1.29 is 19.0 Å². The molecule has 0 aromatic heterocycles. The van der Waals surface area contributed by atoms with Crippen LogP contribution >= 0.6 is 0 Å². The first kappa shape index (κ1) is 18.8. The normalized spacial score (nSPS) is 25.9. The molecule has 3 rings (SSSR count). The van der Waals surface area contributed by atoms with Crippen LogP contribution in [-0.4, -0.2) is 58.3 Å². The van der Waals surface area contributed by atoms with Gasteiger partial charge in [-0.1, -0.05) is 6.42 Å². The molecule has 0 spiro atoms. The number of carbonyl (C=O) groups is 1. The highest BCUT2D eigenvalue weighted by atomic mass is 16.5. The molecule has 1 saturated heterocycles. The van der Waals surface area contributed by atoms with E-state index < -0.39 is 0 Å². The number of ether oxygens (including phenoxy) is 3. The molecule has 1 aromatic carbocycles. The van der Waals surface area contributed by atoms with E-state index in [1.807, 2.05) is 0 Å². The van der Waals surface area contributed by atoms with Crippen molar-refractivity contribution in [1.82, 2.24) is 10.2 Å². The van der Waals surface area contributed by atoms with Crippen LogP contribution < -0.4 is 19.5 Å². The first-order valence-corrected chi connectivity index (χ1v) is 9.36. The lowest BCUT2D eigenvalue weighted by molar-refractivity contribution is 0.0661. The van der Waals surface area contributed by atoms with Crippen LogP contribution in [0.2, 0.25) is 0 Å². The lowest BCUT2D eigenvalue weighted by Crippen LogP contribution is -2.51. The van der Waals surface area contributed by atoms with Crippen molar-refractivity contribution in [1.29, 1.82) is 0 Å². The molecule has 1 saturated carbocycles. The van der Waals surface area contributed by atoms with E-state index in [1.54, 1.807) is 33.5 Å². The molecule has 1 amide bonds. The fourth-order valence-corrected chi connectivity index (χ4v) is 4.52. The Hall–Kier alpha value is -1.95. The summed E-state index contributed by atoms with van der Waals surface area (Å²) in [6.07, 6.45) is 4.66. The van der Waals surface area contributed by atoms with Crippen molar-refractivity contribution in [2.24, 2.45) is 11.8 Å². The number of nitrogens with zero attached hydrogens (tertiary/aromatic N) is 1. The van der Waals surface area contributed by atoms with Crippen molar-refractivity contribution in [3.63, 3.8) is 0 Å². The van der Waals surface area contributed by atoms with E-state index in [0.717, 1.165) is 25.9 Å². The molecule has 1 aliphatic carbocycles.